The average Bonchev–Trinajstić information content (AvgIpc) is 2.79. The van der Waals surface area contributed by atoms with Gasteiger partial charge in [-0.25, -0.2) is 0 Å². The second-order valence-corrected chi connectivity index (χ2v) is 7.96. The maximum absolute atomic E-state index is 12.9. The van der Waals surface area contributed by atoms with E-state index >= 15 is 0 Å². The average molecular weight is 405 g/mol. The third kappa shape index (κ3) is 4.09. The lowest BCUT2D eigenvalue weighted by molar-refractivity contribution is 0.0951. The molecule has 3 N–H and O–H groups in total. The number of hydrogen-bond donors (Lipinski definition) is 3. The van der Waals surface area contributed by atoms with E-state index in [0.29, 0.717) is 29.1 Å². The predicted octanol–water partition coefficient (Wildman–Crippen LogP) is 2.98. The highest BCUT2D eigenvalue weighted by Gasteiger charge is 2.19. The molecule has 2 aromatic carbocycles. The molecule has 4 rings (SSSR count). The number of pyridine rings is 1. The normalized spacial score (nSPS) is 14.8. The number of para-hydroxylation sites is 1. The summed E-state index contributed by atoms with van der Waals surface area (Å²) in [5.74, 6) is 0.172. The lowest BCUT2D eigenvalue weighted by Gasteiger charge is -2.33. The number of carbonyl (C=O) groups is 1. The zero-order valence-corrected chi connectivity index (χ0v) is 17.1. The van der Waals surface area contributed by atoms with Crippen LogP contribution in [0.3, 0.4) is 0 Å². The van der Waals surface area contributed by atoms with Crippen LogP contribution in [0.4, 0.5) is 5.69 Å². The quantitative estimate of drug-likeness (QED) is 0.609. The molecule has 0 bridgehead atoms. The minimum Gasteiger partial charge on any atom is -0.396 e. The van der Waals surface area contributed by atoms with Gasteiger partial charge in [-0.15, -0.1) is 0 Å². The fraction of sp³-hybridized carbons (Fsp3) is 0.333. The second kappa shape index (κ2) is 8.71. The number of aromatic amines is 1. The van der Waals surface area contributed by atoms with E-state index in [4.69, 9.17) is 0 Å². The van der Waals surface area contributed by atoms with Gasteiger partial charge in [0.1, 0.15) is 0 Å². The maximum Gasteiger partial charge on any atom is 0.252 e. The first-order valence-electron chi connectivity index (χ1n) is 10.4. The number of amides is 1. The Balaban J connectivity index is 1.44. The van der Waals surface area contributed by atoms with Crippen LogP contribution in [0.5, 0.6) is 0 Å². The summed E-state index contributed by atoms with van der Waals surface area (Å²) in [6.45, 7) is 4.25. The molecule has 1 aromatic heterocycles. The molecule has 1 aliphatic rings. The molecule has 1 saturated heterocycles. The minimum atomic E-state index is -0.245. The highest BCUT2D eigenvalue weighted by atomic mass is 16.3. The summed E-state index contributed by atoms with van der Waals surface area (Å²) in [4.78, 5) is 30.2. The number of nitrogens with one attached hydrogen (secondary N) is 2. The highest BCUT2D eigenvalue weighted by Crippen LogP contribution is 2.23. The van der Waals surface area contributed by atoms with Gasteiger partial charge in [-0.05, 0) is 49.4 Å². The summed E-state index contributed by atoms with van der Waals surface area (Å²) in [5.41, 5.74) is 3.44. The van der Waals surface area contributed by atoms with Gasteiger partial charge in [0.15, 0.2) is 0 Å². The van der Waals surface area contributed by atoms with Gasteiger partial charge >= 0.3 is 0 Å². The number of aliphatic hydroxyl groups excluding tert-OH is 1. The minimum absolute atomic E-state index is 0.242. The number of rotatable bonds is 5. The molecule has 0 radical (unpaired) electrons. The fourth-order valence-corrected chi connectivity index (χ4v) is 4.10. The van der Waals surface area contributed by atoms with E-state index in [2.05, 4.69) is 27.3 Å². The number of piperidine rings is 1. The molecule has 0 spiro atoms. The molecule has 0 aliphatic carbocycles. The number of anilines is 1. The van der Waals surface area contributed by atoms with Crippen molar-refractivity contribution in [3.63, 3.8) is 0 Å². The number of fused-ring (bicyclic) bond motifs is 1. The largest absolute Gasteiger partial charge is 0.396 e. The molecule has 30 heavy (non-hydrogen) atoms. The summed E-state index contributed by atoms with van der Waals surface area (Å²) in [7, 11) is 0. The van der Waals surface area contributed by atoms with Crippen LogP contribution in [0.1, 0.15) is 34.3 Å². The summed E-state index contributed by atoms with van der Waals surface area (Å²) >= 11 is 0. The lowest BCUT2D eigenvalue weighted by atomic mass is 9.97. The molecule has 3 aromatic rings. The van der Waals surface area contributed by atoms with E-state index in [0.717, 1.165) is 42.6 Å². The number of aromatic nitrogens is 1. The van der Waals surface area contributed by atoms with Crippen LogP contribution in [-0.4, -0.2) is 35.7 Å². The summed E-state index contributed by atoms with van der Waals surface area (Å²) in [5, 5.41) is 13.0. The van der Waals surface area contributed by atoms with Crippen molar-refractivity contribution in [1.29, 1.82) is 0 Å². The van der Waals surface area contributed by atoms with Crippen molar-refractivity contribution in [2.75, 3.05) is 24.6 Å². The van der Waals surface area contributed by atoms with Crippen molar-refractivity contribution in [3.8, 4) is 0 Å². The Bertz CT molecular complexity index is 1100. The molecule has 156 valence electrons. The van der Waals surface area contributed by atoms with Gasteiger partial charge in [-0.2, -0.15) is 0 Å². The number of hydrogen-bond acceptors (Lipinski definition) is 4. The molecular weight excluding hydrogens is 378 g/mol. The predicted molar refractivity (Wildman–Crippen MR) is 119 cm³/mol. The Morgan fingerprint density at radius 3 is 2.53 bits per heavy atom. The van der Waals surface area contributed by atoms with Crippen LogP contribution in [0, 0.1) is 12.8 Å². The van der Waals surface area contributed by atoms with Gasteiger partial charge < -0.3 is 20.3 Å². The van der Waals surface area contributed by atoms with Crippen LogP contribution in [0.25, 0.3) is 10.9 Å². The van der Waals surface area contributed by atoms with Gasteiger partial charge in [0.25, 0.3) is 11.5 Å². The molecule has 0 saturated carbocycles. The summed E-state index contributed by atoms with van der Waals surface area (Å²) in [6.07, 6.45) is 2.02. The van der Waals surface area contributed by atoms with E-state index in [1.54, 1.807) is 13.0 Å². The molecular formula is C24H27N3O3. The Hall–Kier alpha value is -3.12. The number of aliphatic hydroxyl groups is 1. The first-order valence-corrected chi connectivity index (χ1v) is 10.4. The van der Waals surface area contributed by atoms with Gasteiger partial charge in [0, 0.05) is 48.4 Å². The molecule has 6 nitrogen and oxygen atoms in total. The van der Waals surface area contributed by atoms with Crippen molar-refractivity contribution in [2.24, 2.45) is 5.92 Å². The van der Waals surface area contributed by atoms with Crippen LogP contribution in [0.2, 0.25) is 0 Å². The Labute approximate surface area is 175 Å². The number of nitrogens with zero attached hydrogens (tertiary/aromatic N) is 1. The SMILES string of the molecule is Cc1c(C(=O)NCc2ccc(N3CCC(CO)CC3)cc2)c2ccccc2[nH]c1=O. The standard InChI is InChI=1S/C24H27N3O3/c1-16-22(20-4-2-3-5-21(20)26-23(16)29)24(30)25-14-17-6-8-19(9-7-17)27-12-10-18(15-28)11-13-27/h2-9,18,28H,10-15H2,1H3,(H,25,30)(H,26,29). The first-order chi connectivity index (χ1) is 14.6. The van der Waals surface area contributed by atoms with Crippen LogP contribution in [0.15, 0.2) is 53.3 Å². The topological polar surface area (TPSA) is 85.4 Å². The van der Waals surface area contributed by atoms with Crippen LogP contribution in [-0.2, 0) is 6.54 Å². The highest BCUT2D eigenvalue weighted by molar-refractivity contribution is 6.07. The summed E-state index contributed by atoms with van der Waals surface area (Å²) < 4.78 is 0. The number of H-pyrrole nitrogens is 1. The molecule has 0 unspecified atom stereocenters. The van der Waals surface area contributed by atoms with Crippen molar-refractivity contribution >= 4 is 22.5 Å². The molecule has 0 atom stereocenters. The molecule has 2 heterocycles. The third-order valence-electron chi connectivity index (χ3n) is 6.01. The molecule has 1 amide bonds. The van der Waals surface area contributed by atoms with E-state index < -0.39 is 0 Å². The van der Waals surface area contributed by atoms with Crippen molar-refractivity contribution in [3.05, 3.63) is 75.6 Å². The van der Waals surface area contributed by atoms with Gasteiger partial charge in [0.05, 0.1) is 5.56 Å². The van der Waals surface area contributed by atoms with E-state index in [1.165, 1.54) is 0 Å². The van der Waals surface area contributed by atoms with Crippen molar-refractivity contribution in [2.45, 2.75) is 26.3 Å². The van der Waals surface area contributed by atoms with Crippen LogP contribution >= 0.6 is 0 Å². The van der Waals surface area contributed by atoms with Gasteiger partial charge in [0.2, 0.25) is 0 Å². The van der Waals surface area contributed by atoms with Crippen molar-refractivity contribution < 1.29 is 9.90 Å². The monoisotopic (exact) mass is 405 g/mol. The molecule has 6 heteroatoms. The molecule has 1 aliphatic heterocycles. The van der Waals surface area contributed by atoms with Gasteiger partial charge in [-0.1, -0.05) is 30.3 Å². The van der Waals surface area contributed by atoms with E-state index in [9.17, 15) is 14.7 Å². The first kappa shape index (κ1) is 20.2. The number of carbonyl (C=O) groups excluding carboxylic acids is 1. The Kier molecular flexibility index (Phi) is 5.86. The second-order valence-electron chi connectivity index (χ2n) is 7.96. The summed E-state index contributed by atoms with van der Waals surface area (Å²) in [6, 6.07) is 15.6. The Morgan fingerprint density at radius 2 is 1.83 bits per heavy atom. The van der Waals surface area contributed by atoms with Gasteiger partial charge in [-0.3, -0.25) is 9.59 Å². The molecule has 1 fully saturated rings. The zero-order valence-electron chi connectivity index (χ0n) is 17.1. The third-order valence-corrected chi connectivity index (χ3v) is 6.01. The maximum atomic E-state index is 12.9. The lowest BCUT2D eigenvalue weighted by Crippen LogP contribution is -2.34. The van der Waals surface area contributed by atoms with Crippen LogP contribution < -0.4 is 15.8 Å². The van der Waals surface area contributed by atoms with Crippen molar-refractivity contribution in [1.82, 2.24) is 10.3 Å². The van der Waals surface area contributed by atoms with E-state index in [1.807, 2.05) is 30.3 Å². The zero-order chi connectivity index (χ0) is 21.1. The smallest absolute Gasteiger partial charge is 0.252 e. The Morgan fingerprint density at radius 1 is 1.13 bits per heavy atom. The van der Waals surface area contributed by atoms with E-state index in [-0.39, 0.29) is 18.1 Å². The number of benzene rings is 2. The fourth-order valence-electron chi connectivity index (χ4n) is 4.10.